The SMILES string of the molecule is O=S(=O)(c1ccc(Br)s1)N1CCCCCC1. The fourth-order valence-electron chi connectivity index (χ4n) is 1.85. The highest BCUT2D eigenvalue weighted by molar-refractivity contribution is 9.11. The molecule has 2 heterocycles. The van der Waals surface area contributed by atoms with Crippen molar-refractivity contribution in [3.05, 3.63) is 15.9 Å². The molecule has 1 aliphatic rings. The fraction of sp³-hybridized carbons (Fsp3) is 0.600. The van der Waals surface area contributed by atoms with Gasteiger partial charge in [-0.2, -0.15) is 4.31 Å². The van der Waals surface area contributed by atoms with Crippen molar-refractivity contribution in [1.82, 2.24) is 4.31 Å². The zero-order chi connectivity index (χ0) is 11.6. The maximum atomic E-state index is 12.3. The molecular weight excluding hydrogens is 310 g/mol. The Hall–Kier alpha value is 0.0900. The molecule has 0 unspecified atom stereocenters. The molecule has 2 rings (SSSR count). The average Bonchev–Trinajstić information content (AvgIpc) is 2.54. The van der Waals surface area contributed by atoms with Crippen molar-refractivity contribution < 1.29 is 8.42 Å². The molecule has 0 bridgehead atoms. The number of hydrogen-bond donors (Lipinski definition) is 0. The first kappa shape index (κ1) is 12.5. The molecule has 16 heavy (non-hydrogen) atoms. The van der Waals surface area contributed by atoms with Gasteiger partial charge < -0.3 is 0 Å². The van der Waals surface area contributed by atoms with Gasteiger partial charge in [-0.25, -0.2) is 8.42 Å². The summed E-state index contributed by atoms with van der Waals surface area (Å²) in [6.45, 7) is 1.33. The van der Waals surface area contributed by atoms with Crippen LogP contribution in [0.4, 0.5) is 0 Å². The van der Waals surface area contributed by atoms with E-state index in [9.17, 15) is 8.42 Å². The maximum Gasteiger partial charge on any atom is 0.252 e. The summed E-state index contributed by atoms with van der Waals surface area (Å²) in [7, 11) is -3.24. The molecule has 1 saturated heterocycles. The third kappa shape index (κ3) is 2.67. The molecule has 0 spiro atoms. The molecule has 1 aromatic heterocycles. The highest BCUT2D eigenvalue weighted by Crippen LogP contribution is 2.29. The zero-order valence-electron chi connectivity index (χ0n) is 8.86. The van der Waals surface area contributed by atoms with Crippen LogP contribution in [0.1, 0.15) is 25.7 Å². The minimum atomic E-state index is -3.24. The van der Waals surface area contributed by atoms with Gasteiger partial charge in [-0.05, 0) is 40.9 Å². The number of hydrogen-bond acceptors (Lipinski definition) is 3. The van der Waals surface area contributed by atoms with E-state index in [1.54, 1.807) is 16.4 Å². The second-order valence-electron chi connectivity index (χ2n) is 3.88. The van der Waals surface area contributed by atoms with E-state index in [0.717, 1.165) is 29.5 Å². The highest BCUT2D eigenvalue weighted by atomic mass is 79.9. The number of rotatable bonds is 2. The lowest BCUT2D eigenvalue weighted by Gasteiger charge is -2.18. The third-order valence-corrected chi connectivity index (χ3v) is 6.70. The first-order valence-electron chi connectivity index (χ1n) is 5.36. The van der Waals surface area contributed by atoms with Crippen LogP contribution in [0.5, 0.6) is 0 Å². The second-order valence-corrected chi connectivity index (χ2v) is 8.50. The first-order chi connectivity index (χ1) is 7.60. The predicted molar refractivity (Wildman–Crippen MR) is 69.2 cm³/mol. The van der Waals surface area contributed by atoms with Gasteiger partial charge in [0.05, 0.1) is 3.79 Å². The Morgan fingerprint density at radius 1 is 1.12 bits per heavy atom. The van der Waals surface area contributed by atoms with Crippen molar-refractivity contribution in [2.75, 3.05) is 13.1 Å². The Balaban J connectivity index is 2.23. The molecule has 6 heteroatoms. The maximum absolute atomic E-state index is 12.3. The van der Waals surface area contributed by atoms with Crippen LogP contribution in [0, 0.1) is 0 Å². The topological polar surface area (TPSA) is 37.4 Å². The molecule has 0 aliphatic carbocycles. The molecule has 1 fully saturated rings. The standard InChI is InChI=1S/C10H14BrNO2S2/c11-9-5-6-10(15-9)16(13,14)12-7-3-1-2-4-8-12/h5-6H,1-4,7-8H2. The van der Waals surface area contributed by atoms with Crippen molar-refractivity contribution in [2.24, 2.45) is 0 Å². The minimum absolute atomic E-state index is 0.446. The minimum Gasteiger partial charge on any atom is -0.206 e. The number of thiophene rings is 1. The molecule has 1 aromatic rings. The van der Waals surface area contributed by atoms with Gasteiger partial charge in [0.1, 0.15) is 4.21 Å². The van der Waals surface area contributed by atoms with Crippen LogP contribution in [-0.4, -0.2) is 25.8 Å². The summed E-state index contributed by atoms with van der Waals surface area (Å²) < 4.78 is 27.5. The zero-order valence-corrected chi connectivity index (χ0v) is 12.1. The van der Waals surface area contributed by atoms with Crippen LogP contribution in [0.25, 0.3) is 0 Å². The summed E-state index contributed by atoms with van der Waals surface area (Å²) in [6.07, 6.45) is 4.23. The van der Waals surface area contributed by atoms with Crippen LogP contribution in [0.15, 0.2) is 20.1 Å². The van der Waals surface area contributed by atoms with E-state index in [1.165, 1.54) is 11.3 Å². The lowest BCUT2D eigenvalue weighted by Crippen LogP contribution is -2.31. The van der Waals surface area contributed by atoms with E-state index in [-0.39, 0.29) is 0 Å². The lowest BCUT2D eigenvalue weighted by molar-refractivity contribution is 0.425. The van der Waals surface area contributed by atoms with Crippen LogP contribution in [0.2, 0.25) is 0 Å². The van der Waals surface area contributed by atoms with E-state index < -0.39 is 10.0 Å². The van der Waals surface area contributed by atoms with E-state index in [0.29, 0.717) is 17.3 Å². The summed E-state index contributed by atoms with van der Waals surface area (Å²) in [5.41, 5.74) is 0. The van der Waals surface area contributed by atoms with Gasteiger partial charge in [-0.15, -0.1) is 11.3 Å². The van der Waals surface area contributed by atoms with Gasteiger partial charge in [0.25, 0.3) is 10.0 Å². The molecular formula is C10H14BrNO2S2. The van der Waals surface area contributed by atoms with Crippen molar-refractivity contribution in [1.29, 1.82) is 0 Å². The van der Waals surface area contributed by atoms with Crippen molar-refractivity contribution >= 4 is 37.3 Å². The van der Waals surface area contributed by atoms with E-state index >= 15 is 0 Å². The summed E-state index contributed by atoms with van der Waals surface area (Å²) in [5, 5.41) is 0. The van der Waals surface area contributed by atoms with Gasteiger partial charge in [0.15, 0.2) is 0 Å². The fourth-order valence-corrected chi connectivity index (χ4v) is 5.53. The van der Waals surface area contributed by atoms with Crippen LogP contribution >= 0.6 is 27.3 Å². The molecule has 0 N–H and O–H groups in total. The van der Waals surface area contributed by atoms with Crippen molar-refractivity contribution in [3.63, 3.8) is 0 Å². The summed E-state index contributed by atoms with van der Waals surface area (Å²) in [5.74, 6) is 0. The molecule has 0 radical (unpaired) electrons. The number of halogens is 1. The van der Waals surface area contributed by atoms with Gasteiger partial charge in [0, 0.05) is 13.1 Å². The second kappa shape index (κ2) is 5.16. The van der Waals surface area contributed by atoms with Crippen LogP contribution < -0.4 is 0 Å². The molecule has 0 atom stereocenters. The largest absolute Gasteiger partial charge is 0.252 e. The Labute approximate surface area is 109 Å². The highest BCUT2D eigenvalue weighted by Gasteiger charge is 2.26. The summed E-state index contributed by atoms with van der Waals surface area (Å²) in [6, 6.07) is 3.46. The quantitative estimate of drug-likeness (QED) is 0.838. The first-order valence-corrected chi connectivity index (χ1v) is 8.41. The molecule has 3 nitrogen and oxygen atoms in total. The third-order valence-electron chi connectivity index (χ3n) is 2.71. The molecule has 1 aliphatic heterocycles. The Morgan fingerprint density at radius 3 is 2.25 bits per heavy atom. The van der Waals surface area contributed by atoms with Gasteiger partial charge in [-0.1, -0.05) is 12.8 Å². The van der Waals surface area contributed by atoms with E-state index in [1.807, 2.05) is 0 Å². The van der Waals surface area contributed by atoms with Gasteiger partial charge in [-0.3, -0.25) is 0 Å². The smallest absolute Gasteiger partial charge is 0.206 e. The normalized spacial score (nSPS) is 19.6. The monoisotopic (exact) mass is 323 g/mol. The van der Waals surface area contributed by atoms with Crippen molar-refractivity contribution in [2.45, 2.75) is 29.9 Å². The molecule has 0 saturated carbocycles. The van der Waals surface area contributed by atoms with Crippen molar-refractivity contribution in [3.8, 4) is 0 Å². The number of nitrogens with zero attached hydrogens (tertiary/aromatic N) is 1. The summed E-state index contributed by atoms with van der Waals surface area (Å²) in [4.78, 5) is 0. The number of sulfonamides is 1. The molecule has 90 valence electrons. The van der Waals surface area contributed by atoms with E-state index in [4.69, 9.17) is 0 Å². The van der Waals surface area contributed by atoms with Crippen LogP contribution in [-0.2, 0) is 10.0 Å². The molecule has 0 aromatic carbocycles. The van der Waals surface area contributed by atoms with Gasteiger partial charge in [0.2, 0.25) is 0 Å². The van der Waals surface area contributed by atoms with Crippen LogP contribution in [0.3, 0.4) is 0 Å². The summed E-state index contributed by atoms with van der Waals surface area (Å²) >= 11 is 4.58. The Kier molecular flexibility index (Phi) is 4.05. The predicted octanol–water partition coefficient (Wildman–Crippen LogP) is 3.08. The molecule has 0 amide bonds. The van der Waals surface area contributed by atoms with Gasteiger partial charge >= 0.3 is 0 Å². The van der Waals surface area contributed by atoms with E-state index in [2.05, 4.69) is 15.9 Å². The lowest BCUT2D eigenvalue weighted by atomic mass is 10.2. The Bertz CT molecular complexity index is 447. The average molecular weight is 324 g/mol. The Morgan fingerprint density at radius 2 is 1.75 bits per heavy atom.